The van der Waals surface area contributed by atoms with Gasteiger partial charge in [0.25, 0.3) is 5.91 Å². The van der Waals surface area contributed by atoms with Crippen molar-refractivity contribution in [2.24, 2.45) is 0 Å². The van der Waals surface area contributed by atoms with Crippen molar-refractivity contribution in [3.8, 4) is 5.75 Å². The molecule has 0 aliphatic carbocycles. The molecule has 0 aliphatic heterocycles. The Morgan fingerprint density at radius 3 is 2.48 bits per heavy atom. The minimum atomic E-state index is 0.000596. The van der Waals surface area contributed by atoms with Crippen LogP contribution in [0.1, 0.15) is 36.7 Å². The minimum absolute atomic E-state index is 0.000596. The predicted molar refractivity (Wildman–Crippen MR) is 121 cm³/mol. The first-order chi connectivity index (χ1) is 14.0. The number of hydrogen-bond acceptors (Lipinski definition) is 4. The molecular weight excluding hydrogens is 382 g/mol. The number of aryl methyl sites for hydroxylation is 1. The van der Waals surface area contributed by atoms with Gasteiger partial charge >= 0.3 is 0 Å². The van der Waals surface area contributed by atoms with Gasteiger partial charge in [-0.3, -0.25) is 9.69 Å². The quantitative estimate of drug-likeness (QED) is 0.584. The Morgan fingerprint density at radius 1 is 1.10 bits per heavy atom. The number of fused-ring (bicyclic) bond motifs is 1. The van der Waals surface area contributed by atoms with E-state index in [0.717, 1.165) is 46.3 Å². The lowest BCUT2D eigenvalue weighted by Gasteiger charge is -2.23. The second-order valence-electron chi connectivity index (χ2n) is 7.09. The average molecular weight is 413 g/mol. The van der Waals surface area contributed by atoms with Crippen LogP contribution >= 0.6 is 11.3 Å². The highest BCUT2D eigenvalue weighted by Gasteiger charge is 2.23. The Morgan fingerprint density at radius 2 is 1.83 bits per heavy atom. The van der Waals surface area contributed by atoms with Crippen LogP contribution in [0, 0.1) is 6.92 Å². The number of ether oxygens (including phenoxy) is 1. The Hall–Kier alpha value is -2.44. The molecule has 2 aromatic carbocycles. The lowest BCUT2D eigenvalue weighted by atomic mass is 10.1. The Bertz CT molecular complexity index is 948. The molecule has 0 saturated carbocycles. The van der Waals surface area contributed by atoms with Gasteiger partial charge in [-0.1, -0.05) is 29.0 Å². The number of thiazole rings is 1. The maximum atomic E-state index is 13.4. The van der Waals surface area contributed by atoms with E-state index in [1.807, 2.05) is 61.2 Å². The molecular formula is C23H30N3O2S+. The summed E-state index contributed by atoms with van der Waals surface area (Å²) in [5.41, 5.74) is 2.73. The van der Waals surface area contributed by atoms with Gasteiger partial charge in [-0.05, 0) is 58.0 Å². The molecule has 1 aromatic heterocycles. The van der Waals surface area contributed by atoms with E-state index in [1.165, 1.54) is 4.90 Å². The molecule has 0 spiro atoms. The third kappa shape index (κ3) is 5.14. The first kappa shape index (κ1) is 21.3. The smallest absolute Gasteiger partial charge is 0.260 e. The number of nitrogens with zero attached hydrogens (tertiary/aromatic N) is 2. The number of benzene rings is 2. The second-order valence-corrected chi connectivity index (χ2v) is 8.10. The van der Waals surface area contributed by atoms with E-state index in [2.05, 4.69) is 13.8 Å². The number of carbonyl (C=O) groups excluding carboxylic acids is 1. The number of amides is 1. The summed E-state index contributed by atoms with van der Waals surface area (Å²) in [5, 5.41) is 0.741. The van der Waals surface area contributed by atoms with E-state index in [9.17, 15) is 4.79 Å². The van der Waals surface area contributed by atoms with Crippen LogP contribution in [0.25, 0.3) is 10.2 Å². The zero-order chi connectivity index (χ0) is 20.8. The van der Waals surface area contributed by atoms with Crippen LogP contribution in [0.5, 0.6) is 5.75 Å². The fourth-order valence-corrected chi connectivity index (χ4v) is 4.29. The van der Waals surface area contributed by atoms with E-state index in [1.54, 1.807) is 11.3 Å². The largest absolute Gasteiger partial charge is 0.494 e. The first-order valence-corrected chi connectivity index (χ1v) is 11.1. The van der Waals surface area contributed by atoms with Crippen molar-refractivity contribution in [1.29, 1.82) is 0 Å². The molecule has 1 N–H and O–H groups in total. The van der Waals surface area contributed by atoms with Gasteiger partial charge in [0.15, 0.2) is 5.13 Å². The summed E-state index contributed by atoms with van der Waals surface area (Å²) in [5.74, 6) is 0.833. The van der Waals surface area contributed by atoms with Crippen molar-refractivity contribution in [3.05, 3.63) is 53.6 Å². The lowest BCUT2D eigenvalue weighted by Crippen LogP contribution is -3.12. The number of likely N-dealkylation sites (N-methyl/N-ethyl adjacent to an activating group) is 1. The van der Waals surface area contributed by atoms with Gasteiger partial charge in [0, 0.05) is 5.56 Å². The van der Waals surface area contributed by atoms with Crippen LogP contribution in [0.2, 0.25) is 0 Å². The van der Waals surface area contributed by atoms with Gasteiger partial charge in [-0.2, -0.15) is 0 Å². The number of hydrogen-bond donors (Lipinski definition) is 1. The second kappa shape index (κ2) is 9.85. The minimum Gasteiger partial charge on any atom is -0.494 e. The molecule has 0 atom stereocenters. The highest BCUT2D eigenvalue weighted by Crippen LogP contribution is 2.32. The van der Waals surface area contributed by atoms with Crippen molar-refractivity contribution in [2.75, 3.05) is 37.7 Å². The standard InChI is InChI=1S/C23H29N3O2S/c1-5-25(6-2)14-15-26(22(27)18-10-8-17(4)9-11-18)23-24-20-13-12-19(28-7-3)16-21(20)29-23/h8-13,16H,5-7,14-15H2,1-4H3/p+1. The third-order valence-electron chi connectivity index (χ3n) is 5.12. The molecule has 0 radical (unpaired) electrons. The van der Waals surface area contributed by atoms with Crippen molar-refractivity contribution < 1.29 is 14.4 Å². The number of nitrogens with one attached hydrogen (secondary N) is 1. The van der Waals surface area contributed by atoms with E-state index in [-0.39, 0.29) is 5.91 Å². The SMILES string of the molecule is CCOc1ccc2nc(N(CC[NH+](CC)CC)C(=O)c3ccc(C)cc3)sc2c1. The summed E-state index contributed by atoms with van der Waals surface area (Å²) in [6.45, 7) is 12.6. The molecule has 0 aliphatic rings. The van der Waals surface area contributed by atoms with Gasteiger partial charge in [-0.25, -0.2) is 4.98 Å². The molecule has 0 unspecified atom stereocenters. The van der Waals surface area contributed by atoms with Crippen LogP contribution in [0.15, 0.2) is 42.5 Å². The van der Waals surface area contributed by atoms with E-state index in [0.29, 0.717) is 18.7 Å². The van der Waals surface area contributed by atoms with Crippen molar-refractivity contribution in [2.45, 2.75) is 27.7 Å². The first-order valence-electron chi connectivity index (χ1n) is 10.3. The monoisotopic (exact) mass is 412 g/mol. The molecule has 5 nitrogen and oxygen atoms in total. The molecule has 3 rings (SSSR count). The number of anilines is 1. The lowest BCUT2D eigenvalue weighted by molar-refractivity contribution is -0.894. The summed E-state index contributed by atoms with van der Waals surface area (Å²) >= 11 is 1.54. The Kier molecular flexibility index (Phi) is 7.23. The molecule has 3 aromatic rings. The fraction of sp³-hybridized carbons (Fsp3) is 0.391. The fourth-order valence-electron chi connectivity index (χ4n) is 3.27. The Balaban J connectivity index is 1.93. The van der Waals surface area contributed by atoms with Gasteiger partial charge in [0.2, 0.25) is 0 Å². The van der Waals surface area contributed by atoms with Crippen LogP contribution in [-0.2, 0) is 0 Å². The van der Waals surface area contributed by atoms with Gasteiger partial charge in [0.1, 0.15) is 5.75 Å². The molecule has 1 heterocycles. The van der Waals surface area contributed by atoms with Crippen molar-refractivity contribution in [3.63, 3.8) is 0 Å². The maximum Gasteiger partial charge on any atom is 0.260 e. The number of carbonyl (C=O) groups is 1. The number of aromatic nitrogens is 1. The molecule has 0 fully saturated rings. The Labute approximate surface area is 176 Å². The van der Waals surface area contributed by atoms with Gasteiger partial charge in [0.05, 0.1) is 43.0 Å². The number of rotatable bonds is 9. The van der Waals surface area contributed by atoms with Gasteiger partial charge < -0.3 is 9.64 Å². The molecule has 1 amide bonds. The number of quaternary nitrogens is 1. The third-order valence-corrected chi connectivity index (χ3v) is 6.16. The molecule has 0 bridgehead atoms. The van der Waals surface area contributed by atoms with Gasteiger partial charge in [-0.15, -0.1) is 0 Å². The summed E-state index contributed by atoms with van der Waals surface area (Å²) < 4.78 is 6.65. The highest BCUT2D eigenvalue weighted by atomic mass is 32.1. The topological polar surface area (TPSA) is 46.9 Å². The summed E-state index contributed by atoms with van der Waals surface area (Å²) in [6.07, 6.45) is 0. The molecule has 0 saturated heterocycles. The highest BCUT2D eigenvalue weighted by molar-refractivity contribution is 7.22. The molecule has 6 heteroatoms. The van der Waals surface area contributed by atoms with Crippen LogP contribution < -0.4 is 14.5 Å². The van der Waals surface area contributed by atoms with Crippen LogP contribution in [0.3, 0.4) is 0 Å². The van der Waals surface area contributed by atoms with Crippen LogP contribution in [0.4, 0.5) is 5.13 Å². The summed E-state index contributed by atoms with van der Waals surface area (Å²) in [7, 11) is 0. The van der Waals surface area contributed by atoms with Crippen molar-refractivity contribution in [1.82, 2.24) is 4.98 Å². The zero-order valence-electron chi connectivity index (χ0n) is 17.7. The van der Waals surface area contributed by atoms with Crippen LogP contribution in [-0.4, -0.2) is 43.7 Å². The van der Waals surface area contributed by atoms with E-state index in [4.69, 9.17) is 9.72 Å². The molecule has 29 heavy (non-hydrogen) atoms. The normalized spacial score (nSPS) is 11.2. The predicted octanol–water partition coefficient (Wildman–Crippen LogP) is 3.57. The van der Waals surface area contributed by atoms with E-state index < -0.39 is 0 Å². The maximum absolute atomic E-state index is 13.4. The zero-order valence-corrected chi connectivity index (χ0v) is 18.5. The summed E-state index contributed by atoms with van der Waals surface area (Å²) in [4.78, 5) is 21.4. The summed E-state index contributed by atoms with van der Waals surface area (Å²) in [6, 6.07) is 13.7. The van der Waals surface area contributed by atoms with E-state index >= 15 is 0 Å². The van der Waals surface area contributed by atoms with Crippen molar-refractivity contribution >= 4 is 32.6 Å². The average Bonchev–Trinajstić information content (AvgIpc) is 3.14. The molecule has 154 valence electrons.